The molecule has 0 spiro atoms. The first-order chi connectivity index (χ1) is 10.9. The molecule has 23 heavy (non-hydrogen) atoms. The molecule has 124 valence electrons. The fourth-order valence-corrected chi connectivity index (χ4v) is 4.00. The SMILES string of the molecule is CC(C)(O)CC1CCN(C(=O)c2cc(-c3ccsc3)c[nH]2)CC1. The van der Waals surface area contributed by atoms with Crippen molar-refractivity contribution in [2.45, 2.75) is 38.7 Å². The van der Waals surface area contributed by atoms with Gasteiger partial charge in [0.25, 0.3) is 5.91 Å². The van der Waals surface area contributed by atoms with Crippen molar-refractivity contribution in [2.24, 2.45) is 5.92 Å². The van der Waals surface area contributed by atoms with E-state index in [1.54, 1.807) is 11.3 Å². The lowest BCUT2D eigenvalue weighted by molar-refractivity contribution is 0.0357. The second-order valence-electron chi connectivity index (χ2n) is 7.07. The first-order valence-electron chi connectivity index (χ1n) is 8.15. The first kappa shape index (κ1) is 16.3. The molecule has 0 radical (unpaired) electrons. The molecule has 1 fully saturated rings. The largest absolute Gasteiger partial charge is 0.390 e. The normalized spacial score (nSPS) is 16.7. The number of nitrogens with zero attached hydrogens (tertiary/aromatic N) is 1. The van der Waals surface area contributed by atoms with Gasteiger partial charge >= 0.3 is 0 Å². The molecule has 4 nitrogen and oxygen atoms in total. The van der Waals surface area contributed by atoms with Gasteiger partial charge in [-0.25, -0.2) is 0 Å². The average Bonchev–Trinajstić information content (AvgIpc) is 3.17. The number of amides is 1. The Morgan fingerprint density at radius 3 is 2.74 bits per heavy atom. The number of H-pyrrole nitrogens is 1. The summed E-state index contributed by atoms with van der Waals surface area (Å²) >= 11 is 1.66. The molecule has 2 aromatic heterocycles. The highest BCUT2D eigenvalue weighted by Crippen LogP contribution is 2.28. The van der Waals surface area contributed by atoms with Crippen LogP contribution in [0.5, 0.6) is 0 Å². The molecule has 2 N–H and O–H groups in total. The molecule has 0 aliphatic carbocycles. The van der Waals surface area contributed by atoms with Crippen LogP contribution in [-0.2, 0) is 0 Å². The molecule has 2 aromatic rings. The lowest BCUT2D eigenvalue weighted by atomic mass is 9.86. The zero-order chi connectivity index (χ0) is 16.4. The highest BCUT2D eigenvalue weighted by molar-refractivity contribution is 7.08. The number of hydrogen-bond acceptors (Lipinski definition) is 3. The standard InChI is InChI=1S/C18H24N2O2S/c1-18(2,22)10-13-3-6-20(7-4-13)17(21)16-9-15(11-19-16)14-5-8-23-12-14/h5,8-9,11-13,19,22H,3-4,6-7,10H2,1-2H3. The molecule has 1 aliphatic rings. The summed E-state index contributed by atoms with van der Waals surface area (Å²) in [6.45, 7) is 5.25. The summed E-state index contributed by atoms with van der Waals surface area (Å²) in [6.07, 6.45) is 4.64. The first-order valence-corrected chi connectivity index (χ1v) is 9.09. The molecule has 0 bridgehead atoms. The predicted molar refractivity (Wildman–Crippen MR) is 93.6 cm³/mol. The number of piperidine rings is 1. The van der Waals surface area contributed by atoms with E-state index in [4.69, 9.17) is 0 Å². The van der Waals surface area contributed by atoms with Gasteiger partial charge in [0, 0.05) is 24.8 Å². The van der Waals surface area contributed by atoms with Crippen molar-refractivity contribution in [1.29, 1.82) is 0 Å². The minimum atomic E-state index is -0.619. The van der Waals surface area contributed by atoms with Crippen LogP contribution >= 0.6 is 11.3 Å². The predicted octanol–water partition coefficient (Wildman–Crippen LogP) is 3.76. The van der Waals surface area contributed by atoms with E-state index in [1.165, 1.54) is 0 Å². The molecule has 5 heteroatoms. The zero-order valence-corrected chi connectivity index (χ0v) is 14.5. The van der Waals surface area contributed by atoms with Crippen molar-refractivity contribution in [3.05, 3.63) is 34.8 Å². The number of hydrogen-bond donors (Lipinski definition) is 2. The van der Waals surface area contributed by atoms with E-state index in [-0.39, 0.29) is 5.91 Å². The van der Waals surface area contributed by atoms with E-state index in [0.717, 1.165) is 43.5 Å². The minimum Gasteiger partial charge on any atom is -0.390 e. The van der Waals surface area contributed by atoms with Crippen LogP contribution in [0, 0.1) is 5.92 Å². The Hall–Kier alpha value is -1.59. The van der Waals surface area contributed by atoms with Crippen molar-refractivity contribution < 1.29 is 9.90 Å². The Labute approximate surface area is 141 Å². The van der Waals surface area contributed by atoms with Crippen LogP contribution in [0.25, 0.3) is 11.1 Å². The quantitative estimate of drug-likeness (QED) is 0.896. The van der Waals surface area contributed by atoms with E-state index < -0.39 is 5.60 Å². The molecular formula is C18H24N2O2S. The van der Waals surface area contributed by atoms with Crippen molar-refractivity contribution in [2.75, 3.05) is 13.1 Å². The molecule has 0 aromatic carbocycles. The number of carbonyl (C=O) groups is 1. The summed E-state index contributed by atoms with van der Waals surface area (Å²) < 4.78 is 0. The number of thiophene rings is 1. The summed E-state index contributed by atoms with van der Waals surface area (Å²) in [5.41, 5.74) is 2.25. The maximum absolute atomic E-state index is 12.6. The van der Waals surface area contributed by atoms with Crippen LogP contribution in [0.4, 0.5) is 0 Å². The molecule has 0 unspecified atom stereocenters. The number of carbonyl (C=O) groups excluding carboxylic acids is 1. The van der Waals surface area contributed by atoms with Crippen LogP contribution in [0.2, 0.25) is 0 Å². The Bertz CT molecular complexity index is 647. The van der Waals surface area contributed by atoms with E-state index in [1.807, 2.05) is 36.4 Å². The maximum atomic E-state index is 12.6. The lowest BCUT2D eigenvalue weighted by Crippen LogP contribution is -2.40. The summed E-state index contributed by atoms with van der Waals surface area (Å²) in [5, 5.41) is 14.1. The topological polar surface area (TPSA) is 56.3 Å². The number of likely N-dealkylation sites (tertiary alicyclic amines) is 1. The maximum Gasteiger partial charge on any atom is 0.270 e. The fourth-order valence-electron chi connectivity index (χ4n) is 3.33. The third-order valence-corrected chi connectivity index (χ3v) is 5.14. The van der Waals surface area contributed by atoms with Crippen molar-refractivity contribution in [3.8, 4) is 11.1 Å². The van der Waals surface area contributed by atoms with Gasteiger partial charge in [-0.15, -0.1) is 0 Å². The van der Waals surface area contributed by atoms with Gasteiger partial charge in [0.15, 0.2) is 0 Å². The Morgan fingerprint density at radius 1 is 1.39 bits per heavy atom. The van der Waals surface area contributed by atoms with Gasteiger partial charge in [-0.1, -0.05) is 0 Å². The summed E-state index contributed by atoms with van der Waals surface area (Å²) in [7, 11) is 0. The number of nitrogens with one attached hydrogen (secondary N) is 1. The number of aromatic amines is 1. The van der Waals surface area contributed by atoms with E-state index in [9.17, 15) is 9.90 Å². The van der Waals surface area contributed by atoms with Gasteiger partial charge in [0.1, 0.15) is 5.69 Å². The monoisotopic (exact) mass is 332 g/mol. The molecule has 0 saturated carbocycles. The van der Waals surface area contributed by atoms with Crippen molar-refractivity contribution >= 4 is 17.2 Å². The van der Waals surface area contributed by atoms with Gasteiger partial charge in [-0.3, -0.25) is 4.79 Å². The van der Waals surface area contributed by atoms with Crippen LogP contribution in [0.1, 0.15) is 43.6 Å². The molecule has 1 aliphatic heterocycles. The van der Waals surface area contributed by atoms with Gasteiger partial charge in [-0.05, 0) is 67.5 Å². The van der Waals surface area contributed by atoms with Crippen molar-refractivity contribution in [3.63, 3.8) is 0 Å². The van der Waals surface area contributed by atoms with Gasteiger partial charge in [0.05, 0.1) is 5.60 Å². The van der Waals surface area contributed by atoms with Crippen LogP contribution in [0.3, 0.4) is 0 Å². The third-order valence-electron chi connectivity index (χ3n) is 4.46. The molecular weight excluding hydrogens is 308 g/mol. The van der Waals surface area contributed by atoms with E-state index in [2.05, 4.69) is 16.4 Å². The van der Waals surface area contributed by atoms with Gasteiger partial charge in [-0.2, -0.15) is 11.3 Å². The number of aromatic nitrogens is 1. The van der Waals surface area contributed by atoms with Crippen LogP contribution in [0.15, 0.2) is 29.1 Å². The molecule has 0 atom stereocenters. The van der Waals surface area contributed by atoms with E-state index >= 15 is 0 Å². The molecule has 1 amide bonds. The van der Waals surface area contributed by atoms with Gasteiger partial charge in [0.2, 0.25) is 0 Å². The summed E-state index contributed by atoms with van der Waals surface area (Å²) in [5.74, 6) is 0.581. The minimum absolute atomic E-state index is 0.0770. The highest BCUT2D eigenvalue weighted by Gasteiger charge is 2.27. The molecule has 3 heterocycles. The Kier molecular flexibility index (Phi) is 4.60. The van der Waals surface area contributed by atoms with Crippen LogP contribution in [-0.4, -0.2) is 39.6 Å². The highest BCUT2D eigenvalue weighted by atomic mass is 32.1. The second-order valence-corrected chi connectivity index (χ2v) is 7.85. The Morgan fingerprint density at radius 2 is 2.13 bits per heavy atom. The van der Waals surface area contributed by atoms with Gasteiger partial charge < -0.3 is 15.0 Å². The lowest BCUT2D eigenvalue weighted by Gasteiger charge is -2.34. The van der Waals surface area contributed by atoms with Crippen molar-refractivity contribution in [1.82, 2.24) is 9.88 Å². The fraction of sp³-hybridized carbons (Fsp3) is 0.500. The number of rotatable bonds is 4. The zero-order valence-electron chi connectivity index (χ0n) is 13.7. The summed E-state index contributed by atoms with van der Waals surface area (Å²) in [4.78, 5) is 17.7. The third kappa shape index (κ3) is 4.03. The number of aliphatic hydroxyl groups is 1. The smallest absolute Gasteiger partial charge is 0.270 e. The summed E-state index contributed by atoms with van der Waals surface area (Å²) in [6, 6.07) is 4.00. The second kappa shape index (κ2) is 6.49. The molecule has 3 rings (SSSR count). The Balaban J connectivity index is 1.60. The molecule has 1 saturated heterocycles. The van der Waals surface area contributed by atoms with Crippen LogP contribution < -0.4 is 0 Å². The average molecular weight is 332 g/mol. The van der Waals surface area contributed by atoms with E-state index in [0.29, 0.717) is 11.6 Å².